The number of amides is 1. The van der Waals surface area contributed by atoms with Gasteiger partial charge in [0.25, 0.3) is 5.91 Å². The predicted octanol–water partition coefficient (Wildman–Crippen LogP) is 5.57. The maximum Gasteiger partial charge on any atom is 0.267 e. The van der Waals surface area contributed by atoms with Gasteiger partial charge >= 0.3 is 0 Å². The second-order valence-corrected chi connectivity index (χ2v) is 8.46. The minimum atomic E-state index is -0.333. The Balaban J connectivity index is 1.52. The van der Waals surface area contributed by atoms with Gasteiger partial charge in [0.1, 0.15) is 10.6 Å². The molecule has 144 valence electrons. The first kappa shape index (κ1) is 17.9. The van der Waals surface area contributed by atoms with Crippen LogP contribution in [0.25, 0.3) is 32.0 Å². The second kappa shape index (κ2) is 6.71. The molecule has 0 aliphatic rings. The third-order valence-corrected chi connectivity index (χ3v) is 6.61. The standard InChI is InChI=1S/C20H13FN4O2S2/c1-9-15-10(2)22-17(13-4-3-7-27-13)24-19(15)29-16(9)18(26)25-20-23-12-6-5-11(21)8-14(12)28-20/h3-8H,1-2H3,(H,23,25,26). The summed E-state index contributed by atoms with van der Waals surface area (Å²) in [4.78, 5) is 27.6. The molecule has 5 rings (SSSR count). The molecule has 0 radical (unpaired) electrons. The number of aromatic nitrogens is 3. The predicted molar refractivity (Wildman–Crippen MR) is 112 cm³/mol. The molecule has 9 heteroatoms. The third-order valence-electron chi connectivity index (χ3n) is 4.49. The molecule has 4 heterocycles. The Bertz CT molecular complexity index is 1390. The van der Waals surface area contributed by atoms with Crippen LogP contribution in [0.1, 0.15) is 20.9 Å². The molecule has 0 fully saturated rings. The maximum absolute atomic E-state index is 13.4. The number of rotatable bonds is 3. The third kappa shape index (κ3) is 3.08. The van der Waals surface area contributed by atoms with Crippen LogP contribution < -0.4 is 5.32 Å². The zero-order valence-corrected chi connectivity index (χ0v) is 16.9. The summed E-state index contributed by atoms with van der Waals surface area (Å²) in [5.41, 5.74) is 2.24. The number of hydrogen-bond acceptors (Lipinski definition) is 7. The Morgan fingerprint density at radius 2 is 2.00 bits per heavy atom. The number of thiophene rings is 1. The van der Waals surface area contributed by atoms with Crippen LogP contribution in [0.4, 0.5) is 9.52 Å². The molecule has 0 saturated heterocycles. The first-order valence-corrected chi connectivity index (χ1v) is 10.3. The van der Waals surface area contributed by atoms with Crippen molar-refractivity contribution in [1.29, 1.82) is 0 Å². The van der Waals surface area contributed by atoms with E-state index in [0.717, 1.165) is 21.5 Å². The molecule has 4 aromatic heterocycles. The van der Waals surface area contributed by atoms with Gasteiger partial charge in [-0.2, -0.15) is 0 Å². The molecule has 1 aromatic carbocycles. The number of nitrogens with zero attached hydrogens (tertiary/aromatic N) is 3. The molecule has 1 amide bonds. The first-order valence-electron chi connectivity index (χ1n) is 8.68. The number of nitrogens with one attached hydrogen (secondary N) is 1. The largest absolute Gasteiger partial charge is 0.461 e. The van der Waals surface area contributed by atoms with Crippen LogP contribution in [0.5, 0.6) is 0 Å². The summed E-state index contributed by atoms with van der Waals surface area (Å²) in [5, 5.41) is 4.11. The number of furan rings is 1. The molecule has 29 heavy (non-hydrogen) atoms. The van der Waals surface area contributed by atoms with Crippen molar-refractivity contribution < 1.29 is 13.6 Å². The molecular weight excluding hydrogens is 411 g/mol. The van der Waals surface area contributed by atoms with Crippen LogP contribution in [0.3, 0.4) is 0 Å². The summed E-state index contributed by atoms with van der Waals surface area (Å²) in [6.45, 7) is 3.77. The van der Waals surface area contributed by atoms with Crippen molar-refractivity contribution in [3.05, 3.63) is 58.5 Å². The van der Waals surface area contributed by atoms with E-state index in [0.29, 0.717) is 31.8 Å². The van der Waals surface area contributed by atoms with Crippen LogP contribution in [0, 0.1) is 19.7 Å². The fourth-order valence-corrected chi connectivity index (χ4v) is 5.19. The van der Waals surface area contributed by atoms with E-state index in [4.69, 9.17) is 4.42 Å². The highest BCUT2D eigenvalue weighted by Gasteiger charge is 2.21. The summed E-state index contributed by atoms with van der Waals surface area (Å²) < 4.78 is 19.5. The highest BCUT2D eigenvalue weighted by molar-refractivity contribution is 7.23. The van der Waals surface area contributed by atoms with Crippen molar-refractivity contribution in [2.45, 2.75) is 13.8 Å². The minimum Gasteiger partial charge on any atom is -0.461 e. The van der Waals surface area contributed by atoms with Crippen LogP contribution in [-0.2, 0) is 0 Å². The van der Waals surface area contributed by atoms with Gasteiger partial charge in [0.15, 0.2) is 16.7 Å². The van der Waals surface area contributed by atoms with Crippen LogP contribution in [0.15, 0.2) is 41.0 Å². The summed E-state index contributed by atoms with van der Waals surface area (Å²) in [6.07, 6.45) is 1.57. The Labute approximate surface area is 172 Å². The fourth-order valence-electron chi connectivity index (χ4n) is 3.18. The number of carbonyl (C=O) groups is 1. The quantitative estimate of drug-likeness (QED) is 0.410. The molecule has 0 aliphatic carbocycles. The summed E-state index contributed by atoms with van der Waals surface area (Å²) in [6, 6.07) is 7.92. The van der Waals surface area contributed by atoms with Crippen molar-refractivity contribution in [1.82, 2.24) is 15.0 Å². The lowest BCUT2D eigenvalue weighted by Gasteiger charge is -2.01. The normalized spacial score (nSPS) is 11.4. The van der Waals surface area contributed by atoms with Crippen molar-refractivity contribution in [3.8, 4) is 11.6 Å². The second-order valence-electron chi connectivity index (χ2n) is 6.43. The first-order chi connectivity index (χ1) is 14.0. The Morgan fingerprint density at radius 1 is 1.14 bits per heavy atom. The number of aryl methyl sites for hydroxylation is 2. The van der Waals surface area contributed by atoms with E-state index < -0.39 is 0 Å². The zero-order valence-electron chi connectivity index (χ0n) is 15.3. The van der Waals surface area contributed by atoms with E-state index in [1.54, 1.807) is 24.5 Å². The van der Waals surface area contributed by atoms with Gasteiger partial charge in [-0.05, 0) is 49.7 Å². The number of thiazole rings is 1. The van der Waals surface area contributed by atoms with Gasteiger partial charge < -0.3 is 4.42 Å². The molecule has 0 bridgehead atoms. The average molecular weight is 424 g/mol. The van der Waals surface area contributed by atoms with Crippen LogP contribution >= 0.6 is 22.7 Å². The van der Waals surface area contributed by atoms with Gasteiger partial charge in [-0.15, -0.1) is 11.3 Å². The van der Waals surface area contributed by atoms with E-state index in [2.05, 4.69) is 20.3 Å². The van der Waals surface area contributed by atoms with Crippen molar-refractivity contribution >= 4 is 54.1 Å². The molecule has 0 atom stereocenters. The number of hydrogen-bond donors (Lipinski definition) is 1. The smallest absolute Gasteiger partial charge is 0.267 e. The molecule has 6 nitrogen and oxygen atoms in total. The number of anilines is 1. The topological polar surface area (TPSA) is 80.9 Å². The average Bonchev–Trinajstić information content (AvgIpc) is 3.40. The van der Waals surface area contributed by atoms with Gasteiger partial charge in [-0.1, -0.05) is 11.3 Å². The highest BCUT2D eigenvalue weighted by atomic mass is 32.1. The van der Waals surface area contributed by atoms with Gasteiger partial charge in [0.05, 0.1) is 27.1 Å². The van der Waals surface area contributed by atoms with E-state index in [1.165, 1.54) is 34.8 Å². The zero-order chi connectivity index (χ0) is 20.1. The Hall–Kier alpha value is -3.17. The lowest BCUT2D eigenvalue weighted by atomic mass is 10.1. The van der Waals surface area contributed by atoms with Gasteiger partial charge in [-0.25, -0.2) is 19.3 Å². The molecular formula is C20H13FN4O2S2. The van der Waals surface area contributed by atoms with E-state index in [-0.39, 0.29) is 11.7 Å². The van der Waals surface area contributed by atoms with Gasteiger partial charge in [0, 0.05) is 5.39 Å². The van der Waals surface area contributed by atoms with E-state index in [9.17, 15) is 9.18 Å². The molecule has 0 aliphatic heterocycles. The van der Waals surface area contributed by atoms with E-state index >= 15 is 0 Å². The molecule has 0 spiro atoms. The van der Waals surface area contributed by atoms with Crippen LogP contribution in [-0.4, -0.2) is 20.9 Å². The molecule has 0 saturated carbocycles. The lowest BCUT2D eigenvalue weighted by molar-refractivity contribution is 0.103. The number of benzene rings is 1. The Morgan fingerprint density at radius 3 is 2.79 bits per heavy atom. The summed E-state index contributed by atoms with van der Waals surface area (Å²) >= 11 is 2.53. The highest BCUT2D eigenvalue weighted by Crippen LogP contribution is 2.34. The Kier molecular flexibility index (Phi) is 4.14. The van der Waals surface area contributed by atoms with Crippen molar-refractivity contribution in [2.24, 2.45) is 0 Å². The molecule has 1 N–H and O–H groups in total. The fraction of sp³-hybridized carbons (Fsp3) is 0.100. The SMILES string of the molecule is Cc1nc(-c2ccco2)nc2sc(C(=O)Nc3nc4ccc(F)cc4s3)c(C)c12. The summed E-state index contributed by atoms with van der Waals surface area (Å²) in [5.74, 6) is 0.458. The molecule has 5 aromatic rings. The van der Waals surface area contributed by atoms with Crippen molar-refractivity contribution in [3.63, 3.8) is 0 Å². The van der Waals surface area contributed by atoms with Crippen molar-refractivity contribution in [2.75, 3.05) is 5.32 Å². The van der Waals surface area contributed by atoms with E-state index in [1.807, 2.05) is 13.8 Å². The minimum absolute atomic E-state index is 0.274. The maximum atomic E-state index is 13.4. The number of halogens is 1. The van der Waals surface area contributed by atoms with Gasteiger partial charge in [0.2, 0.25) is 0 Å². The number of carbonyl (C=O) groups excluding carboxylic acids is 1. The van der Waals surface area contributed by atoms with Gasteiger partial charge in [-0.3, -0.25) is 10.1 Å². The van der Waals surface area contributed by atoms with Crippen LogP contribution in [0.2, 0.25) is 0 Å². The number of fused-ring (bicyclic) bond motifs is 2. The monoisotopic (exact) mass is 424 g/mol. The lowest BCUT2D eigenvalue weighted by Crippen LogP contribution is -2.11. The summed E-state index contributed by atoms with van der Waals surface area (Å²) in [7, 11) is 0. The molecule has 0 unspecified atom stereocenters.